The summed E-state index contributed by atoms with van der Waals surface area (Å²) in [5.74, 6) is -0.152. The smallest absolute Gasteiger partial charge is 0.339 e. The second-order valence-corrected chi connectivity index (χ2v) is 10.7. The molecule has 0 amide bonds. The number of carbonyl (C=O) groups is 2. The summed E-state index contributed by atoms with van der Waals surface area (Å²) in [5, 5.41) is 2.30. The first kappa shape index (κ1) is 23.6. The molecule has 0 aromatic heterocycles. The van der Waals surface area contributed by atoms with Crippen LogP contribution in [0.1, 0.15) is 49.9 Å². The third-order valence-corrected chi connectivity index (χ3v) is 8.44. The molecule has 0 unspecified atom stereocenters. The van der Waals surface area contributed by atoms with Gasteiger partial charge in [0.25, 0.3) is 0 Å². The lowest BCUT2D eigenvalue weighted by Gasteiger charge is -2.35. The molecular weight excluding hydrogens is 687 g/mol. The number of piperidine rings is 1. The van der Waals surface area contributed by atoms with Gasteiger partial charge in [-0.2, -0.15) is 0 Å². The first-order valence-corrected chi connectivity index (χ1v) is 12.3. The summed E-state index contributed by atoms with van der Waals surface area (Å²) in [6.07, 6.45) is 2.88. The number of carbonyl (C=O) groups excluding carboxylic acids is 2. The van der Waals surface area contributed by atoms with E-state index in [4.69, 9.17) is 9.47 Å². The third kappa shape index (κ3) is 7.25. The summed E-state index contributed by atoms with van der Waals surface area (Å²) >= 11 is 6.55. The average Bonchev–Trinajstić information content (AvgIpc) is 2.62. The van der Waals surface area contributed by atoms with Crippen LogP contribution in [0.5, 0.6) is 0 Å². The molecule has 1 aromatic rings. The lowest BCUT2D eigenvalue weighted by molar-refractivity contribution is -0.665. The normalized spacial score (nSPS) is 15.4. The zero-order valence-electron chi connectivity index (χ0n) is 15.5. The number of ether oxygens (including phenoxy) is 2. The molecule has 0 spiro atoms. The molecule has 0 radical (unpaired) electrons. The van der Waals surface area contributed by atoms with Crippen molar-refractivity contribution in [1.29, 1.82) is 0 Å². The number of esters is 2. The van der Waals surface area contributed by atoms with Crippen molar-refractivity contribution in [2.24, 2.45) is 5.92 Å². The van der Waals surface area contributed by atoms with Gasteiger partial charge in [0.2, 0.25) is 0 Å². The lowest BCUT2D eigenvalue weighted by atomic mass is 9.83. The Balaban J connectivity index is 1.76. The zero-order valence-corrected chi connectivity index (χ0v) is 22.0. The maximum absolute atomic E-state index is 12.3. The van der Waals surface area contributed by atoms with Crippen molar-refractivity contribution in [2.45, 2.75) is 45.1 Å². The van der Waals surface area contributed by atoms with Gasteiger partial charge in [-0.15, -0.1) is 0 Å². The van der Waals surface area contributed by atoms with Gasteiger partial charge >= 0.3 is 11.9 Å². The van der Waals surface area contributed by atoms with Crippen molar-refractivity contribution in [3.05, 3.63) is 28.4 Å². The second-order valence-electron chi connectivity index (χ2n) is 7.21. The van der Waals surface area contributed by atoms with Crippen LogP contribution in [-0.2, 0) is 14.3 Å². The minimum atomic E-state index is -0.435. The van der Waals surface area contributed by atoms with Gasteiger partial charge in [0.15, 0.2) is 0 Å². The van der Waals surface area contributed by atoms with Gasteiger partial charge in [-0.25, -0.2) is 4.79 Å². The van der Waals surface area contributed by atoms with Gasteiger partial charge in [0.05, 0.1) is 25.3 Å². The molecule has 1 aromatic carbocycles. The molecule has 150 valence electrons. The molecule has 8 heteroatoms. The lowest BCUT2D eigenvalue weighted by Crippen LogP contribution is -2.86. The molecular formula is C19H25I3NO4+. The van der Waals surface area contributed by atoms with Crippen LogP contribution in [0, 0.1) is 16.6 Å². The molecule has 1 aliphatic heterocycles. The third-order valence-electron chi connectivity index (χ3n) is 4.77. The van der Waals surface area contributed by atoms with Crippen molar-refractivity contribution in [1.82, 2.24) is 0 Å². The standard InChI is InChI=1S/C19H24I3NO4/c1-19(2,12-5-7-23-8-6-12)27-16(24)4-3-9-26-18(25)14-10-13(20)11-15(21)17(14)22/h10-12,23H,3-9H2,1-2H3/p+1. The van der Waals surface area contributed by atoms with Crippen LogP contribution < -0.4 is 5.32 Å². The second kappa shape index (κ2) is 10.9. The van der Waals surface area contributed by atoms with E-state index in [0.717, 1.165) is 36.6 Å². The highest BCUT2D eigenvalue weighted by Crippen LogP contribution is 2.28. The Labute approximate surface area is 201 Å². The van der Waals surface area contributed by atoms with Crippen molar-refractivity contribution in [3.63, 3.8) is 0 Å². The summed E-state index contributed by atoms with van der Waals surface area (Å²) in [7, 11) is 0. The molecule has 2 N–H and O–H groups in total. The van der Waals surface area contributed by atoms with E-state index in [2.05, 4.69) is 73.1 Å². The van der Waals surface area contributed by atoms with E-state index in [-0.39, 0.29) is 25.0 Å². The molecule has 1 saturated heterocycles. The number of quaternary nitrogens is 1. The van der Waals surface area contributed by atoms with Crippen LogP contribution in [-0.4, -0.2) is 37.2 Å². The molecule has 1 aliphatic rings. The van der Waals surface area contributed by atoms with E-state index >= 15 is 0 Å². The molecule has 1 fully saturated rings. The zero-order chi connectivity index (χ0) is 20.0. The molecule has 5 nitrogen and oxygen atoms in total. The summed E-state index contributed by atoms with van der Waals surface area (Å²) in [5.41, 5.74) is 0.139. The van der Waals surface area contributed by atoms with E-state index in [1.807, 2.05) is 26.0 Å². The first-order chi connectivity index (χ1) is 12.7. The number of hydrogen-bond acceptors (Lipinski definition) is 4. The summed E-state index contributed by atoms with van der Waals surface area (Å²) in [6.45, 7) is 6.41. The maximum atomic E-state index is 12.3. The Bertz CT molecular complexity index is 688. The topological polar surface area (TPSA) is 69.2 Å². The molecule has 0 atom stereocenters. The van der Waals surface area contributed by atoms with Gasteiger partial charge in [-0.3, -0.25) is 4.79 Å². The highest BCUT2D eigenvalue weighted by atomic mass is 127. The quantitative estimate of drug-likeness (QED) is 0.203. The summed E-state index contributed by atoms with van der Waals surface area (Å²) in [4.78, 5) is 24.5. The van der Waals surface area contributed by atoms with E-state index in [9.17, 15) is 9.59 Å². The minimum absolute atomic E-state index is 0.213. The molecule has 2 rings (SSSR count). The maximum Gasteiger partial charge on any atom is 0.339 e. The van der Waals surface area contributed by atoms with Gasteiger partial charge < -0.3 is 14.8 Å². The Kier molecular flexibility index (Phi) is 9.53. The molecule has 0 aliphatic carbocycles. The van der Waals surface area contributed by atoms with Crippen LogP contribution in [0.4, 0.5) is 0 Å². The SMILES string of the molecule is CC(C)(OC(=O)CCCOC(=O)c1cc(I)cc(I)c1I)C1CC[NH2+]CC1. The van der Waals surface area contributed by atoms with Crippen molar-refractivity contribution in [2.75, 3.05) is 19.7 Å². The van der Waals surface area contributed by atoms with Crippen LogP contribution >= 0.6 is 67.8 Å². The Hall–Kier alpha value is 0.310. The Morgan fingerprint density at radius 2 is 1.85 bits per heavy atom. The number of rotatable bonds is 7. The van der Waals surface area contributed by atoms with Crippen LogP contribution in [0.2, 0.25) is 0 Å². The number of halogens is 3. The van der Waals surface area contributed by atoms with Crippen LogP contribution in [0.3, 0.4) is 0 Å². The Morgan fingerprint density at radius 3 is 2.52 bits per heavy atom. The predicted octanol–water partition coefficient (Wildman–Crippen LogP) is 3.73. The summed E-state index contributed by atoms with van der Waals surface area (Å²) in [6, 6.07) is 3.84. The fourth-order valence-electron chi connectivity index (χ4n) is 3.21. The van der Waals surface area contributed by atoms with Gasteiger partial charge in [-0.05, 0) is 100 Å². The molecule has 0 bridgehead atoms. The highest BCUT2D eigenvalue weighted by molar-refractivity contribution is 14.1. The first-order valence-electron chi connectivity index (χ1n) is 9.06. The molecule has 27 heavy (non-hydrogen) atoms. The van der Waals surface area contributed by atoms with E-state index in [1.54, 1.807) is 0 Å². The van der Waals surface area contributed by atoms with E-state index in [1.165, 1.54) is 0 Å². The van der Waals surface area contributed by atoms with Crippen molar-refractivity contribution in [3.8, 4) is 0 Å². The van der Waals surface area contributed by atoms with Gasteiger partial charge in [0, 0.05) is 35.9 Å². The Morgan fingerprint density at radius 1 is 1.19 bits per heavy atom. The van der Waals surface area contributed by atoms with Crippen molar-refractivity contribution < 1.29 is 24.4 Å². The monoisotopic (exact) mass is 712 g/mol. The largest absolute Gasteiger partial charge is 0.462 e. The molecule has 1 heterocycles. The molecule has 0 saturated carbocycles. The average molecular weight is 712 g/mol. The summed E-state index contributed by atoms with van der Waals surface area (Å²) < 4.78 is 14.0. The number of benzene rings is 1. The minimum Gasteiger partial charge on any atom is -0.462 e. The fraction of sp³-hybridized carbons (Fsp3) is 0.579. The van der Waals surface area contributed by atoms with E-state index in [0.29, 0.717) is 17.9 Å². The fourth-order valence-corrected chi connectivity index (χ4v) is 5.59. The number of nitrogens with two attached hydrogens (primary N) is 1. The van der Waals surface area contributed by atoms with Crippen molar-refractivity contribution >= 4 is 79.7 Å². The van der Waals surface area contributed by atoms with Gasteiger partial charge in [0.1, 0.15) is 5.60 Å². The van der Waals surface area contributed by atoms with Crippen LogP contribution in [0.25, 0.3) is 0 Å². The van der Waals surface area contributed by atoms with E-state index < -0.39 is 5.60 Å². The number of hydrogen-bond donors (Lipinski definition) is 1. The van der Waals surface area contributed by atoms with Crippen LogP contribution in [0.15, 0.2) is 12.1 Å². The van der Waals surface area contributed by atoms with Gasteiger partial charge in [-0.1, -0.05) is 0 Å². The predicted molar refractivity (Wildman–Crippen MR) is 129 cm³/mol. The highest BCUT2D eigenvalue weighted by Gasteiger charge is 2.35.